The summed E-state index contributed by atoms with van der Waals surface area (Å²) in [6, 6.07) is 9.22. The van der Waals surface area contributed by atoms with E-state index in [1.807, 2.05) is 28.8 Å². The number of methoxy groups -OCH3 is 3. The van der Waals surface area contributed by atoms with E-state index in [9.17, 15) is 9.59 Å². The Morgan fingerprint density at radius 2 is 1.79 bits per heavy atom. The summed E-state index contributed by atoms with van der Waals surface area (Å²) in [5.74, 6) is -0.280. The van der Waals surface area contributed by atoms with E-state index in [0.717, 1.165) is 11.3 Å². The lowest BCUT2D eigenvalue weighted by molar-refractivity contribution is -0.133. The molecule has 0 aliphatic rings. The fourth-order valence-corrected chi connectivity index (χ4v) is 2.86. The van der Waals surface area contributed by atoms with Crippen LogP contribution in [0.3, 0.4) is 0 Å². The molecule has 0 saturated heterocycles. The van der Waals surface area contributed by atoms with Crippen LogP contribution in [0.5, 0.6) is 5.75 Å². The van der Waals surface area contributed by atoms with Gasteiger partial charge >= 0.3 is 11.9 Å². The highest BCUT2D eigenvalue weighted by molar-refractivity contribution is 6.18. The molecule has 2 rings (SSSR count). The molecule has 2 N–H and O–H groups in total. The summed E-state index contributed by atoms with van der Waals surface area (Å²) < 4.78 is 16.9. The van der Waals surface area contributed by atoms with Gasteiger partial charge in [-0.15, -0.1) is 0 Å². The summed E-state index contributed by atoms with van der Waals surface area (Å²) in [5.41, 5.74) is 7.63. The lowest BCUT2D eigenvalue weighted by Gasteiger charge is -2.14. The average Bonchev–Trinajstić information content (AvgIpc) is 3.13. The van der Waals surface area contributed by atoms with Gasteiger partial charge in [0.1, 0.15) is 5.75 Å². The van der Waals surface area contributed by atoms with Crippen LogP contribution in [0.25, 0.3) is 5.57 Å². The molecule has 150 valence electrons. The van der Waals surface area contributed by atoms with Crippen molar-refractivity contribution in [2.45, 2.75) is 19.4 Å². The largest absolute Gasteiger partial charge is 0.497 e. The maximum atomic E-state index is 12.5. The van der Waals surface area contributed by atoms with E-state index in [1.165, 1.54) is 14.2 Å². The van der Waals surface area contributed by atoms with Crippen LogP contribution in [0.4, 0.5) is 0 Å². The summed E-state index contributed by atoms with van der Waals surface area (Å²) in [4.78, 5) is 24.7. The summed E-state index contributed by atoms with van der Waals surface area (Å²) >= 11 is 0. The number of hydrogen-bond acceptors (Lipinski definition) is 6. The molecule has 1 heterocycles. The van der Waals surface area contributed by atoms with Crippen LogP contribution >= 0.6 is 0 Å². The second kappa shape index (κ2) is 10.3. The lowest BCUT2D eigenvalue weighted by Crippen LogP contribution is -2.14. The first-order valence-corrected chi connectivity index (χ1v) is 8.95. The van der Waals surface area contributed by atoms with Crippen molar-refractivity contribution in [3.05, 3.63) is 59.4 Å². The average molecular weight is 386 g/mol. The maximum absolute atomic E-state index is 12.5. The summed E-state index contributed by atoms with van der Waals surface area (Å²) in [6.45, 7) is 0.962. The molecule has 7 heteroatoms. The van der Waals surface area contributed by atoms with E-state index in [1.54, 1.807) is 25.4 Å². The van der Waals surface area contributed by atoms with E-state index >= 15 is 0 Å². The molecule has 0 aliphatic carbocycles. The van der Waals surface area contributed by atoms with Crippen LogP contribution in [-0.4, -0.2) is 44.4 Å². The third-order valence-corrected chi connectivity index (χ3v) is 4.30. The zero-order chi connectivity index (χ0) is 20.5. The summed E-state index contributed by atoms with van der Waals surface area (Å²) in [6.07, 6.45) is 4.82. The van der Waals surface area contributed by atoms with Crippen LogP contribution in [0, 0.1) is 0 Å². The molecule has 0 spiro atoms. The molecule has 2 aromatic rings. The number of unbranched alkanes of at least 4 members (excludes halogenated alkanes) is 1. The molecule has 0 bridgehead atoms. The number of aromatic nitrogens is 1. The first kappa shape index (κ1) is 21.2. The van der Waals surface area contributed by atoms with E-state index in [2.05, 4.69) is 0 Å². The fraction of sp³-hybridized carbons (Fsp3) is 0.333. The van der Waals surface area contributed by atoms with Crippen molar-refractivity contribution in [1.82, 2.24) is 4.57 Å². The van der Waals surface area contributed by atoms with Gasteiger partial charge < -0.3 is 24.5 Å². The van der Waals surface area contributed by atoms with E-state index < -0.39 is 11.9 Å². The van der Waals surface area contributed by atoms with Crippen molar-refractivity contribution < 1.29 is 23.8 Å². The number of esters is 2. The third kappa shape index (κ3) is 5.01. The Morgan fingerprint density at radius 1 is 1.07 bits per heavy atom. The number of nitrogens with zero attached hydrogens (tertiary/aromatic N) is 1. The van der Waals surface area contributed by atoms with Gasteiger partial charge in [0.25, 0.3) is 0 Å². The highest BCUT2D eigenvalue weighted by atomic mass is 16.5. The minimum atomic E-state index is -0.517. The van der Waals surface area contributed by atoms with Gasteiger partial charge in [-0.05, 0) is 43.1 Å². The zero-order valence-electron chi connectivity index (χ0n) is 16.4. The predicted octanol–water partition coefficient (Wildman–Crippen LogP) is 2.63. The minimum absolute atomic E-state index is 0.306. The molecule has 1 aromatic heterocycles. The SMILES string of the molecule is COC(=O)/C(=C\CCCN)c1c(C(=O)OC)ccn1Cc1ccc(OC)cc1. The van der Waals surface area contributed by atoms with Crippen LogP contribution < -0.4 is 10.5 Å². The Balaban J connectivity index is 2.50. The number of benzene rings is 1. The van der Waals surface area contributed by atoms with E-state index in [0.29, 0.717) is 42.8 Å². The molecule has 0 saturated carbocycles. The summed E-state index contributed by atoms with van der Waals surface area (Å²) in [7, 11) is 4.23. The van der Waals surface area contributed by atoms with Gasteiger partial charge in [0.05, 0.1) is 38.2 Å². The minimum Gasteiger partial charge on any atom is -0.497 e. The molecule has 0 radical (unpaired) electrons. The number of allylic oxidation sites excluding steroid dienone is 1. The highest BCUT2D eigenvalue weighted by Gasteiger charge is 2.24. The maximum Gasteiger partial charge on any atom is 0.340 e. The Morgan fingerprint density at radius 3 is 2.36 bits per heavy atom. The molecular weight excluding hydrogens is 360 g/mol. The molecule has 1 aromatic carbocycles. The second-order valence-electron chi connectivity index (χ2n) is 6.09. The van der Waals surface area contributed by atoms with Crippen LogP contribution in [0.2, 0.25) is 0 Å². The third-order valence-electron chi connectivity index (χ3n) is 4.30. The smallest absolute Gasteiger partial charge is 0.340 e. The monoisotopic (exact) mass is 386 g/mol. The van der Waals surface area contributed by atoms with Crippen molar-refractivity contribution in [3.63, 3.8) is 0 Å². The molecule has 0 amide bonds. The fourth-order valence-electron chi connectivity index (χ4n) is 2.86. The standard InChI is InChI=1S/C21H26N2O5/c1-26-16-9-7-15(8-10-16)14-23-13-11-18(21(25)28-3)19(23)17(20(24)27-2)6-4-5-12-22/h6-11,13H,4-5,12,14,22H2,1-3H3/b17-6-. The Bertz CT molecular complexity index is 837. The van der Waals surface area contributed by atoms with Crippen LogP contribution in [0.1, 0.15) is 34.5 Å². The van der Waals surface area contributed by atoms with Gasteiger partial charge in [-0.25, -0.2) is 9.59 Å². The molecular formula is C21H26N2O5. The number of rotatable bonds is 9. The van der Waals surface area contributed by atoms with Crippen molar-refractivity contribution in [2.24, 2.45) is 5.73 Å². The van der Waals surface area contributed by atoms with Gasteiger partial charge in [-0.2, -0.15) is 0 Å². The van der Waals surface area contributed by atoms with Gasteiger partial charge in [-0.3, -0.25) is 0 Å². The highest BCUT2D eigenvalue weighted by Crippen LogP contribution is 2.25. The molecule has 0 fully saturated rings. The van der Waals surface area contributed by atoms with Gasteiger partial charge in [-0.1, -0.05) is 18.2 Å². The van der Waals surface area contributed by atoms with Gasteiger partial charge in [0, 0.05) is 12.7 Å². The first-order valence-electron chi connectivity index (χ1n) is 8.95. The molecule has 0 aliphatic heterocycles. The van der Waals surface area contributed by atoms with Crippen LogP contribution in [-0.2, 0) is 20.8 Å². The first-order chi connectivity index (χ1) is 13.5. The second-order valence-corrected chi connectivity index (χ2v) is 6.09. The number of ether oxygens (including phenoxy) is 3. The van der Waals surface area contributed by atoms with Gasteiger partial charge in [0.15, 0.2) is 0 Å². The van der Waals surface area contributed by atoms with Crippen molar-refractivity contribution >= 4 is 17.5 Å². The quantitative estimate of drug-likeness (QED) is 0.405. The Hall–Kier alpha value is -3.06. The number of carbonyl (C=O) groups excluding carboxylic acids is 2. The number of hydrogen-bond donors (Lipinski definition) is 1. The van der Waals surface area contributed by atoms with E-state index in [-0.39, 0.29) is 0 Å². The Kier molecular flexibility index (Phi) is 7.83. The van der Waals surface area contributed by atoms with Crippen LogP contribution in [0.15, 0.2) is 42.6 Å². The lowest BCUT2D eigenvalue weighted by atomic mass is 10.1. The molecule has 0 atom stereocenters. The number of nitrogens with two attached hydrogens (primary N) is 1. The number of carbonyl (C=O) groups is 2. The normalized spacial score (nSPS) is 11.2. The molecule has 28 heavy (non-hydrogen) atoms. The van der Waals surface area contributed by atoms with E-state index in [4.69, 9.17) is 19.9 Å². The zero-order valence-corrected chi connectivity index (χ0v) is 16.4. The van der Waals surface area contributed by atoms with Gasteiger partial charge in [0.2, 0.25) is 0 Å². The predicted molar refractivity (Wildman–Crippen MR) is 106 cm³/mol. The van der Waals surface area contributed by atoms with Crippen molar-refractivity contribution in [3.8, 4) is 5.75 Å². The van der Waals surface area contributed by atoms with Crippen molar-refractivity contribution in [1.29, 1.82) is 0 Å². The Labute approximate surface area is 164 Å². The topological polar surface area (TPSA) is 92.8 Å². The van der Waals surface area contributed by atoms with Crippen molar-refractivity contribution in [2.75, 3.05) is 27.9 Å². The summed E-state index contributed by atoms with van der Waals surface area (Å²) in [5, 5.41) is 0. The molecule has 7 nitrogen and oxygen atoms in total. The molecule has 0 unspecified atom stereocenters.